The molecule has 0 saturated carbocycles. The fourth-order valence-electron chi connectivity index (χ4n) is 1.50. The Hall–Kier alpha value is -1.66. The van der Waals surface area contributed by atoms with E-state index in [1.165, 1.54) is 12.1 Å². The van der Waals surface area contributed by atoms with E-state index in [1.54, 1.807) is 6.07 Å². The van der Waals surface area contributed by atoms with Crippen LogP contribution in [-0.4, -0.2) is 23.9 Å². The van der Waals surface area contributed by atoms with Crippen LogP contribution in [-0.2, 0) is 11.3 Å². The summed E-state index contributed by atoms with van der Waals surface area (Å²) in [5, 5.41) is 16.7. The third-order valence-corrected chi connectivity index (χ3v) is 2.82. The lowest BCUT2D eigenvalue weighted by Gasteiger charge is -2.06. The highest BCUT2D eigenvalue weighted by molar-refractivity contribution is 6.31. The van der Waals surface area contributed by atoms with Gasteiger partial charge in [-0.25, -0.2) is 0 Å². The Kier molecular flexibility index (Phi) is 6.24. The summed E-state index contributed by atoms with van der Waals surface area (Å²) in [5.41, 5.74) is 0.735. The molecule has 0 fully saturated rings. The van der Waals surface area contributed by atoms with E-state index in [2.05, 4.69) is 10.6 Å². The van der Waals surface area contributed by atoms with E-state index >= 15 is 0 Å². The zero-order chi connectivity index (χ0) is 14.3. The highest BCUT2D eigenvalue weighted by Crippen LogP contribution is 2.22. The van der Waals surface area contributed by atoms with Gasteiger partial charge in [-0.3, -0.25) is 14.9 Å². The van der Waals surface area contributed by atoms with Crippen molar-refractivity contribution in [2.75, 3.05) is 13.1 Å². The second-order valence-electron chi connectivity index (χ2n) is 3.91. The van der Waals surface area contributed by atoms with Gasteiger partial charge in [0.25, 0.3) is 5.69 Å². The zero-order valence-electron chi connectivity index (χ0n) is 10.6. The lowest BCUT2D eigenvalue weighted by atomic mass is 10.2. The average molecular weight is 286 g/mol. The van der Waals surface area contributed by atoms with E-state index < -0.39 is 4.92 Å². The number of carbonyl (C=O) groups excluding carboxylic acids is 1. The van der Waals surface area contributed by atoms with Gasteiger partial charge in [0.05, 0.1) is 9.95 Å². The Labute approximate surface area is 116 Å². The van der Waals surface area contributed by atoms with Crippen molar-refractivity contribution >= 4 is 23.2 Å². The van der Waals surface area contributed by atoms with E-state index in [1.807, 2.05) is 6.92 Å². The minimum Gasteiger partial charge on any atom is -0.356 e. The normalized spacial score (nSPS) is 10.2. The smallest absolute Gasteiger partial charge is 0.270 e. The van der Waals surface area contributed by atoms with Crippen LogP contribution in [0.5, 0.6) is 0 Å². The standard InChI is InChI=1S/C12H16ClN3O3/c1-2-15-12(17)5-6-14-8-9-3-4-10(16(18)19)7-11(9)13/h3-4,7,14H,2,5-6,8H2,1H3,(H,15,17). The molecule has 2 N–H and O–H groups in total. The van der Waals surface area contributed by atoms with E-state index in [-0.39, 0.29) is 11.6 Å². The number of halogens is 1. The van der Waals surface area contributed by atoms with Gasteiger partial charge in [-0.05, 0) is 18.6 Å². The van der Waals surface area contributed by atoms with Gasteiger partial charge in [0.1, 0.15) is 0 Å². The summed E-state index contributed by atoms with van der Waals surface area (Å²) in [6.07, 6.45) is 0.387. The molecule has 0 radical (unpaired) electrons. The number of amides is 1. The minimum atomic E-state index is -0.488. The first kappa shape index (κ1) is 15.4. The van der Waals surface area contributed by atoms with Crippen LogP contribution in [0.4, 0.5) is 5.69 Å². The van der Waals surface area contributed by atoms with E-state index in [0.29, 0.717) is 31.1 Å². The third kappa shape index (κ3) is 5.23. The Morgan fingerprint density at radius 3 is 2.79 bits per heavy atom. The molecule has 0 heterocycles. The lowest BCUT2D eigenvalue weighted by Crippen LogP contribution is -2.27. The average Bonchev–Trinajstić information content (AvgIpc) is 2.36. The van der Waals surface area contributed by atoms with Gasteiger partial charge in [-0.2, -0.15) is 0 Å². The quantitative estimate of drug-likeness (QED) is 0.455. The van der Waals surface area contributed by atoms with Crippen LogP contribution in [0.1, 0.15) is 18.9 Å². The van der Waals surface area contributed by atoms with E-state index in [0.717, 1.165) is 5.56 Å². The molecule has 6 nitrogen and oxygen atoms in total. The SMILES string of the molecule is CCNC(=O)CCNCc1ccc([N+](=O)[O-])cc1Cl. The summed E-state index contributed by atoms with van der Waals surface area (Å²) in [5.74, 6) is -0.00945. The molecule has 0 saturated heterocycles. The van der Waals surface area contributed by atoms with Crippen molar-refractivity contribution in [2.45, 2.75) is 19.9 Å². The topological polar surface area (TPSA) is 84.3 Å². The van der Waals surface area contributed by atoms with Crippen molar-refractivity contribution in [1.82, 2.24) is 10.6 Å². The second kappa shape index (κ2) is 7.70. The summed E-state index contributed by atoms with van der Waals surface area (Å²) in [6, 6.07) is 4.34. The number of non-ortho nitro benzene ring substituents is 1. The molecule has 104 valence electrons. The molecule has 0 aliphatic heterocycles. The number of rotatable bonds is 7. The van der Waals surface area contributed by atoms with Gasteiger partial charge < -0.3 is 10.6 Å². The van der Waals surface area contributed by atoms with Gasteiger partial charge in [0, 0.05) is 38.2 Å². The number of nitro benzene ring substituents is 1. The minimum absolute atomic E-state index is 0.00945. The Balaban J connectivity index is 2.41. The first-order valence-corrected chi connectivity index (χ1v) is 6.32. The van der Waals surface area contributed by atoms with Crippen molar-refractivity contribution in [1.29, 1.82) is 0 Å². The highest BCUT2D eigenvalue weighted by atomic mass is 35.5. The zero-order valence-corrected chi connectivity index (χ0v) is 11.4. The second-order valence-corrected chi connectivity index (χ2v) is 4.32. The third-order valence-electron chi connectivity index (χ3n) is 2.47. The maximum atomic E-state index is 11.2. The maximum Gasteiger partial charge on any atom is 0.270 e. The summed E-state index contributed by atoms with van der Waals surface area (Å²) >= 11 is 5.94. The van der Waals surface area contributed by atoms with E-state index in [4.69, 9.17) is 11.6 Å². The fourth-order valence-corrected chi connectivity index (χ4v) is 1.75. The Morgan fingerprint density at radius 2 is 2.21 bits per heavy atom. The summed E-state index contributed by atoms with van der Waals surface area (Å²) in [4.78, 5) is 21.2. The Morgan fingerprint density at radius 1 is 1.47 bits per heavy atom. The molecule has 0 aliphatic carbocycles. The van der Waals surface area contributed by atoms with Crippen molar-refractivity contribution in [3.63, 3.8) is 0 Å². The number of nitro groups is 1. The van der Waals surface area contributed by atoms with Gasteiger partial charge in [-0.1, -0.05) is 11.6 Å². The van der Waals surface area contributed by atoms with Gasteiger partial charge in [0.15, 0.2) is 0 Å². The van der Waals surface area contributed by atoms with Gasteiger partial charge >= 0.3 is 0 Å². The summed E-state index contributed by atoms with van der Waals surface area (Å²) in [7, 11) is 0. The number of benzene rings is 1. The van der Waals surface area contributed by atoms with Crippen molar-refractivity contribution in [3.05, 3.63) is 38.9 Å². The monoisotopic (exact) mass is 285 g/mol. The lowest BCUT2D eigenvalue weighted by molar-refractivity contribution is -0.384. The number of hydrogen-bond acceptors (Lipinski definition) is 4. The molecule has 0 spiro atoms. The largest absolute Gasteiger partial charge is 0.356 e. The van der Waals surface area contributed by atoms with Crippen LogP contribution < -0.4 is 10.6 Å². The maximum absolute atomic E-state index is 11.2. The number of carbonyl (C=O) groups is 1. The predicted octanol–water partition coefficient (Wildman–Crippen LogP) is 1.86. The molecule has 7 heteroatoms. The van der Waals surface area contributed by atoms with Crippen LogP contribution in [0, 0.1) is 10.1 Å². The first-order chi connectivity index (χ1) is 9.04. The summed E-state index contributed by atoms with van der Waals surface area (Å²) in [6.45, 7) is 3.48. The van der Waals surface area contributed by atoms with Crippen LogP contribution in [0.25, 0.3) is 0 Å². The van der Waals surface area contributed by atoms with Crippen LogP contribution in [0.2, 0.25) is 5.02 Å². The molecule has 0 atom stereocenters. The van der Waals surface area contributed by atoms with Gasteiger partial charge in [0.2, 0.25) is 5.91 Å². The van der Waals surface area contributed by atoms with Crippen LogP contribution >= 0.6 is 11.6 Å². The molecule has 1 rings (SSSR count). The van der Waals surface area contributed by atoms with Crippen molar-refractivity contribution < 1.29 is 9.72 Å². The van der Waals surface area contributed by atoms with Crippen molar-refractivity contribution in [2.24, 2.45) is 0 Å². The highest BCUT2D eigenvalue weighted by Gasteiger charge is 2.09. The molecule has 0 unspecified atom stereocenters. The number of nitrogens with zero attached hydrogens (tertiary/aromatic N) is 1. The number of hydrogen-bond donors (Lipinski definition) is 2. The fraction of sp³-hybridized carbons (Fsp3) is 0.417. The molecular formula is C12H16ClN3O3. The van der Waals surface area contributed by atoms with Gasteiger partial charge in [-0.15, -0.1) is 0 Å². The molecule has 0 bridgehead atoms. The first-order valence-electron chi connectivity index (χ1n) is 5.94. The van der Waals surface area contributed by atoms with Crippen LogP contribution in [0.3, 0.4) is 0 Å². The predicted molar refractivity (Wildman–Crippen MR) is 73.1 cm³/mol. The molecule has 0 aliphatic rings. The molecule has 19 heavy (non-hydrogen) atoms. The van der Waals surface area contributed by atoms with Crippen molar-refractivity contribution in [3.8, 4) is 0 Å². The molecule has 1 amide bonds. The molecule has 0 aromatic heterocycles. The summed E-state index contributed by atoms with van der Waals surface area (Å²) < 4.78 is 0. The Bertz CT molecular complexity index is 466. The molecular weight excluding hydrogens is 270 g/mol. The molecule has 1 aromatic rings. The molecule has 1 aromatic carbocycles. The number of nitrogens with one attached hydrogen (secondary N) is 2. The van der Waals surface area contributed by atoms with Crippen LogP contribution in [0.15, 0.2) is 18.2 Å². The van der Waals surface area contributed by atoms with E-state index in [9.17, 15) is 14.9 Å².